The molecular formula is C22H22F3N5O3S2. The van der Waals surface area contributed by atoms with Crippen LogP contribution in [-0.2, 0) is 11.0 Å². The Labute approximate surface area is 206 Å². The van der Waals surface area contributed by atoms with Crippen LogP contribution in [0.5, 0.6) is 0 Å². The van der Waals surface area contributed by atoms with Crippen LogP contribution in [0.3, 0.4) is 0 Å². The predicted molar refractivity (Wildman–Crippen MR) is 128 cm³/mol. The molecule has 0 spiro atoms. The molecule has 3 amide bonds. The van der Waals surface area contributed by atoms with Gasteiger partial charge in [-0.1, -0.05) is 12.1 Å². The number of aromatic nitrogens is 1. The standard InChI is InChI=1S/C22H22F3N5O3S2/c1-21(2,3)28-19(32)16(13-8-5-9-34-13)30(12-7-4-6-11(10-12)22(23,24)25)20(33)17-14(26)15(18(27)31)29-35-17/h4-10,16H,26H2,1-3H3,(H2,27,31)(H,28,32). The number of nitrogens with one attached hydrogen (secondary N) is 1. The van der Waals surface area contributed by atoms with Crippen LogP contribution in [0.1, 0.15) is 57.4 Å². The smallest absolute Gasteiger partial charge is 0.395 e. The molecule has 0 bridgehead atoms. The monoisotopic (exact) mass is 525 g/mol. The van der Waals surface area contributed by atoms with Gasteiger partial charge < -0.3 is 16.8 Å². The number of nitrogens with two attached hydrogens (primary N) is 2. The number of anilines is 2. The number of rotatable bonds is 6. The van der Waals surface area contributed by atoms with E-state index in [0.717, 1.165) is 34.4 Å². The summed E-state index contributed by atoms with van der Waals surface area (Å²) in [6.45, 7) is 5.19. The van der Waals surface area contributed by atoms with Gasteiger partial charge >= 0.3 is 6.18 Å². The minimum Gasteiger partial charge on any atom is -0.395 e. The van der Waals surface area contributed by atoms with Crippen LogP contribution in [0.4, 0.5) is 24.5 Å². The van der Waals surface area contributed by atoms with E-state index < -0.39 is 41.0 Å². The van der Waals surface area contributed by atoms with Crippen LogP contribution in [0, 0.1) is 0 Å². The lowest BCUT2D eigenvalue weighted by Gasteiger charge is -2.33. The number of nitrogens with zero attached hydrogens (tertiary/aromatic N) is 2. The van der Waals surface area contributed by atoms with Crippen molar-refractivity contribution in [3.63, 3.8) is 0 Å². The highest BCUT2D eigenvalue weighted by Gasteiger charge is 2.39. The minimum absolute atomic E-state index is 0.194. The fourth-order valence-electron chi connectivity index (χ4n) is 3.21. The molecule has 186 valence electrons. The average molecular weight is 526 g/mol. The summed E-state index contributed by atoms with van der Waals surface area (Å²) < 4.78 is 44.3. The number of nitrogen functional groups attached to an aromatic ring is 1. The van der Waals surface area contributed by atoms with Crippen molar-refractivity contribution in [3.05, 3.63) is 62.8 Å². The van der Waals surface area contributed by atoms with Crippen LogP contribution in [0.15, 0.2) is 41.8 Å². The summed E-state index contributed by atoms with van der Waals surface area (Å²) in [7, 11) is 0. The van der Waals surface area contributed by atoms with Crippen LogP contribution in [0.2, 0.25) is 0 Å². The predicted octanol–water partition coefficient (Wildman–Crippen LogP) is 4.21. The fourth-order valence-corrected chi connectivity index (χ4v) is 4.77. The molecule has 0 saturated heterocycles. The number of amides is 3. The molecule has 0 aliphatic carbocycles. The number of carbonyl (C=O) groups is 3. The Morgan fingerprint density at radius 2 is 1.80 bits per heavy atom. The Bertz CT molecular complexity index is 1250. The SMILES string of the molecule is CC(C)(C)NC(=O)C(c1cccs1)N(C(=O)c1snc(C(N)=O)c1N)c1cccc(C(F)(F)F)c1. The third kappa shape index (κ3) is 5.80. The highest BCUT2D eigenvalue weighted by atomic mass is 32.1. The molecule has 0 aliphatic rings. The first-order chi connectivity index (χ1) is 16.2. The number of primary amides is 1. The van der Waals surface area contributed by atoms with E-state index in [9.17, 15) is 27.6 Å². The van der Waals surface area contributed by atoms with Crippen LogP contribution in [-0.4, -0.2) is 27.6 Å². The lowest BCUT2D eigenvalue weighted by molar-refractivity contribution is -0.137. The summed E-state index contributed by atoms with van der Waals surface area (Å²) >= 11 is 1.72. The number of alkyl halides is 3. The molecule has 8 nitrogen and oxygen atoms in total. The second kappa shape index (κ2) is 9.66. The van der Waals surface area contributed by atoms with Gasteiger partial charge in [-0.2, -0.15) is 17.5 Å². The molecule has 0 aliphatic heterocycles. The molecule has 3 rings (SSSR count). The van der Waals surface area contributed by atoms with Crippen molar-refractivity contribution in [3.8, 4) is 0 Å². The third-order valence-electron chi connectivity index (χ3n) is 4.64. The van der Waals surface area contributed by atoms with Crippen molar-refractivity contribution in [1.29, 1.82) is 0 Å². The summed E-state index contributed by atoms with van der Waals surface area (Å²) in [4.78, 5) is 39.9. The van der Waals surface area contributed by atoms with Crippen molar-refractivity contribution in [2.45, 2.75) is 38.5 Å². The van der Waals surface area contributed by atoms with E-state index in [-0.39, 0.29) is 21.9 Å². The molecule has 1 atom stereocenters. The van der Waals surface area contributed by atoms with E-state index in [1.54, 1.807) is 38.3 Å². The lowest BCUT2D eigenvalue weighted by Crippen LogP contribution is -2.49. The number of carbonyl (C=O) groups excluding carboxylic acids is 3. The van der Waals surface area contributed by atoms with E-state index >= 15 is 0 Å². The average Bonchev–Trinajstić information content (AvgIpc) is 3.39. The first-order valence-corrected chi connectivity index (χ1v) is 11.8. The lowest BCUT2D eigenvalue weighted by atomic mass is 10.0. The maximum absolute atomic E-state index is 13.8. The Morgan fingerprint density at radius 1 is 1.11 bits per heavy atom. The van der Waals surface area contributed by atoms with Crippen LogP contribution < -0.4 is 21.7 Å². The number of halogens is 3. The van der Waals surface area contributed by atoms with Crippen molar-refractivity contribution in [2.75, 3.05) is 10.6 Å². The highest BCUT2D eigenvalue weighted by Crippen LogP contribution is 2.38. The first kappa shape index (κ1) is 26.2. The summed E-state index contributed by atoms with van der Waals surface area (Å²) in [6, 6.07) is 5.95. The zero-order chi connectivity index (χ0) is 26.1. The summed E-state index contributed by atoms with van der Waals surface area (Å²) in [6.07, 6.45) is -4.69. The van der Waals surface area contributed by atoms with Crippen molar-refractivity contribution >= 4 is 52.0 Å². The molecule has 1 unspecified atom stereocenters. The zero-order valence-corrected chi connectivity index (χ0v) is 20.5. The summed E-state index contributed by atoms with van der Waals surface area (Å²) in [5.41, 5.74) is 8.62. The second-order valence-electron chi connectivity index (χ2n) is 8.52. The molecule has 5 N–H and O–H groups in total. The molecule has 2 heterocycles. The van der Waals surface area contributed by atoms with Gasteiger partial charge in [0.25, 0.3) is 11.8 Å². The molecular weight excluding hydrogens is 503 g/mol. The van der Waals surface area contributed by atoms with E-state index in [0.29, 0.717) is 16.4 Å². The molecule has 0 fully saturated rings. The molecule has 3 aromatic rings. The number of benzene rings is 1. The molecule has 1 aromatic carbocycles. The van der Waals surface area contributed by atoms with E-state index in [1.807, 2.05) is 0 Å². The number of thiophene rings is 1. The van der Waals surface area contributed by atoms with E-state index in [1.165, 1.54) is 6.07 Å². The highest BCUT2D eigenvalue weighted by molar-refractivity contribution is 7.10. The van der Waals surface area contributed by atoms with Crippen molar-refractivity contribution in [2.24, 2.45) is 5.73 Å². The molecule has 35 heavy (non-hydrogen) atoms. The quantitative estimate of drug-likeness (QED) is 0.444. The van der Waals surface area contributed by atoms with Crippen LogP contribution in [0.25, 0.3) is 0 Å². The summed E-state index contributed by atoms with van der Waals surface area (Å²) in [5.74, 6) is -2.50. The number of hydrogen-bond donors (Lipinski definition) is 3. The maximum Gasteiger partial charge on any atom is 0.416 e. The van der Waals surface area contributed by atoms with Gasteiger partial charge in [-0.05, 0) is 61.9 Å². The minimum atomic E-state index is -4.69. The molecule has 2 aromatic heterocycles. The van der Waals surface area contributed by atoms with Gasteiger partial charge in [0.1, 0.15) is 4.88 Å². The molecule has 0 saturated carbocycles. The van der Waals surface area contributed by atoms with Crippen LogP contribution >= 0.6 is 22.9 Å². The van der Waals surface area contributed by atoms with Gasteiger partial charge in [0.05, 0.1) is 11.3 Å². The summed E-state index contributed by atoms with van der Waals surface area (Å²) in [5, 5.41) is 4.46. The first-order valence-electron chi connectivity index (χ1n) is 10.1. The largest absolute Gasteiger partial charge is 0.416 e. The third-order valence-corrected chi connectivity index (χ3v) is 6.42. The number of hydrogen-bond acceptors (Lipinski definition) is 7. The van der Waals surface area contributed by atoms with Gasteiger partial charge in [-0.15, -0.1) is 11.3 Å². The van der Waals surface area contributed by atoms with E-state index in [4.69, 9.17) is 11.5 Å². The Kier molecular flexibility index (Phi) is 7.22. The van der Waals surface area contributed by atoms with Gasteiger partial charge in [0.15, 0.2) is 11.7 Å². The topological polar surface area (TPSA) is 131 Å². The normalized spacial score (nSPS) is 12.7. The van der Waals surface area contributed by atoms with Gasteiger partial charge in [-0.25, -0.2) is 0 Å². The van der Waals surface area contributed by atoms with Crippen molar-refractivity contribution < 1.29 is 27.6 Å². The van der Waals surface area contributed by atoms with Gasteiger partial charge in [-0.3, -0.25) is 19.3 Å². The van der Waals surface area contributed by atoms with Gasteiger partial charge in [0, 0.05) is 16.1 Å². The zero-order valence-electron chi connectivity index (χ0n) is 18.8. The Balaban J connectivity index is 2.25. The molecule has 13 heteroatoms. The second-order valence-corrected chi connectivity index (χ2v) is 10.3. The Hall–Kier alpha value is -3.45. The Morgan fingerprint density at radius 3 is 2.31 bits per heavy atom. The van der Waals surface area contributed by atoms with E-state index in [2.05, 4.69) is 9.69 Å². The maximum atomic E-state index is 13.8. The fraction of sp³-hybridized carbons (Fsp3) is 0.273. The van der Waals surface area contributed by atoms with Gasteiger partial charge in [0.2, 0.25) is 5.91 Å². The molecule has 0 radical (unpaired) electrons. The van der Waals surface area contributed by atoms with Crippen molar-refractivity contribution in [1.82, 2.24) is 9.69 Å².